The number of nitro groups is 1. The van der Waals surface area contributed by atoms with Gasteiger partial charge in [-0.15, -0.1) is 0 Å². The molecule has 3 N–H and O–H groups in total. The predicted octanol–water partition coefficient (Wildman–Crippen LogP) is 3.01. The minimum atomic E-state index is -1.14. The molecule has 2 aromatic rings. The molecule has 1 amide bonds. The second kappa shape index (κ2) is 7.63. The SMILES string of the molecule is CC(OC(=O)c1cc([N+](=O)[O-])ccc1N)C(=O)Nc1ccc(Cl)cc1. The number of ether oxygens (including phenoxy) is 1. The highest BCUT2D eigenvalue weighted by Gasteiger charge is 2.22. The molecule has 9 heteroatoms. The van der Waals surface area contributed by atoms with E-state index in [9.17, 15) is 19.7 Å². The molecule has 2 rings (SSSR count). The average Bonchev–Trinajstić information content (AvgIpc) is 2.56. The quantitative estimate of drug-likeness (QED) is 0.364. The molecule has 1 atom stereocenters. The molecule has 0 aromatic heterocycles. The van der Waals surface area contributed by atoms with Crippen molar-refractivity contribution in [3.63, 3.8) is 0 Å². The van der Waals surface area contributed by atoms with Crippen LogP contribution in [-0.2, 0) is 9.53 Å². The number of non-ortho nitro benzene ring substituents is 1. The number of rotatable bonds is 5. The molecule has 2 aromatic carbocycles. The summed E-state index contributed by atoms with van der Waals surface area (Å²) in [6.45, 7) is 1.37. The van der Waals surface area contributed by atoms with E-state index in [1.54, 1.807) is 24.3 Å². The molecule has 130 valence electrons. The van der Waals surface area contributed by atoms with Gasteiger partial charge in [-0.2, -0.15) is 0 Å². The van der Waals surface area contributed by atoms with E-state index in [-0.39, 0.29) is 16.9 Å². The first-order valence-electron chi connectivity index (χ1n) is 7.09. The summed E-state index contributed by atoms with van der Waals surface area (Å²) >= 11 is 5.76. The number of hydrogen-bond donors (Lipinski definition) is 2. The number of benzene rings is 2. The molecule has 0 aliphatic rings. The third-order valence-electron chi connectivity index (χ3n) is 3.23. The fourth-order valence-corrected chi connectivity index (χ4v) is 2.02. The van der Waals surface area contributed by atoms with E-state index in [0.717, 1.165) is 6.07 Å². The maximum absolute atomic E-state index is 12.1. The summed E-state index contributed by atoms with van der Waals surface area (Å²) in [6, 6.07) is 9.77. The lowest BCUT2D eigenvalue weighted by molar-refractivity contribution is -0.384. The minimum absolute atomic E-state index is 0.0147. The van der Waals surface area contributed by atoms with Gasteiger partial charge < -0.3 is 15.8 Å². The van der Waals surface area contributed by atoms with Crippen LogP contribution in [0.25, 0.3) is 0 Å². The van der Waals surface area contributed by atoms with E-state index < -0.39 is 22.9 Å². The van der Waals surface area contributed by atoms with Gasteiger partial charge in [0.2, 0.25) is 0 Å². The van der Waals surface area contributed by atoms with Crippen LogP contribution in [0.1, 0.15) is 17.3 Å². The van der Waals surface area contributed by atoms with Crippen LogP contribution in [0.15, 0.2) is 42.5 Å². The Labute approximate surface area is 147 Å². The molecular weight excluding hydrogens is 350 g/mol. The fourth-order valence-electron chi connectivity index (χ4n) is 1.89. The molecule has 0 fully saturated rings. The van der Waals surface area contributed by atoms with Gasteiger partial charge in [0, 0.05) is 28.5 Å². The monoisotopic (exact) mass is 363 g/mol. The van der Waals surface area contributed by atoms with Gasteiger partial charge in [0.25, 0.3) is 11.6 Å². The van der Waals surface area contributed by atoms with Crippen molar-refractivity contribution in [2.75, 3.05) is 11.1 Å². The van der Waals surface area contributed by atoms with E-state index in [4.69, 9.17) is 22.1 Å². The molecule has 8 nitrogen and oxygen atoms in total. The van der Waals surface area contributed by atoms with Gasteiger partial charge in [-0.1, -0.05) is 11.6 Å². The van der Waals surface area contributed by atoms with Crippen LogP contribution in [-0.4, -0.2) is 22.9 Å². The Morgan fingerprint density at radius 2 is 1.88 bits per heavy atom. The number of nitro benzene ring substituents is 1. The molecule has 0 aliphatic carbocycles. The number of nitrogen functional groups attached to an aromatic ring is 1. The number of nitrogens with zero attached hydrogens (tertiary/aromatic N) is 1. The van der Waals surface area contributed by atoms with Gasteiger partial charge in [-0.3, -0.25) is 14.9 Å². The summed E-state index contributed by atoms with van der Waals surface area (Å²) < 4.78 is 5.03. The molecule has 0 aliphatic heterocycles. The Bertz CT molecular complexity index is 823. The van der Waals surface area contributed by atoms with E-state index in [0.29, 0.717) is 10.7 Å². The van der Waals surface area contributed by atoms with Crippen molar-refractivity contribution in [3.05, 3.63) is 63.2 Å². The first-order valence-corrected chi connectivity index (χ1v) is 7.47. The summed E-state index contributed by atoms with van der Waals surface area (Å²) in [5.41, 5.74) is 5.65. The molecular formula is C16H14ClN3O5. The van der Waals surface area contributed by atoms with Gasteiger partial charge in [0.05, 0.1) is 10.5 Å². The molecule has 0 radical (unpaired) electrons. The number of carbonyl (C=O) groups excluding carboxylic acids is 2. The van der Waals surface area contributed by atoms with Gasteiger partial charge in [0.1, 0.15) is 0 Å². The van der Waals surface area contributed by atoms with Crippen LogP contribution in [0.3, 0.4) is 0 Å². The minimum Gasteiger partial charge on any atom is -0.449 e. The molecule has 0 heterocycles. The van der Waals surface area contributed by atoms with Crippen LogP contribution in [0.4, 0.5) is 17.1 Å². The van der Waals surface area contributed by atoms with Crippen molar-refractivity contribution < 1.29 is 19.2 Å². The summed E-state index contributed by atoms with van der Waals surface area (Å²) in [7, 11) is 0. The standard InChI is InChI=1S/C16H14ClN3O5/c1-9(15(21)19-11-4-2-10(17)3-5-11)25-16(22)13-8-12(20(23)24)6-7-14(13)18/h2-9H,18H2,1H3,(H,19,21). The Morgan fingerprint density at radius 1 is 1.24 bits per heavy atom. The predicted molar refractivity (Wildman–Crippen MR) is 92.5 cm³/mol. The zero-order valence-electron chi connectivity index (χ0n) is 13.1. The summed E-state index contributed by atoms with van der Waals surface area (Å²) in [5, 5.41) is 13.9. The van der Waals surface area contributed by atoms with E-state index >= 15 is 0 Å². The molecule has 1 unspecified atom stereocenters. The first kappa shape index (κ1) is 18.2. The Kier molecular flexibility index (Phi) is 5.56. The van der Waals surface area contributed by atoms with Gasteiger partial charge in [-0.05, 0) is 37.3 Å². The Hall–Kier alpha value is -3.13. The van der Waals surface area contributed by atoms with Crippen molar-refractivity contribution in [1.29, 1.82) is 0 Å². The van der Waals surface area contributed by atoms with Gasteiger partial charge >= 0.3 is 5.97 Å². The number of anilines is 2. The Balaban J connectivity index is 2.06. The third-order valence-corrected chi connectivity index (χ3v) is 3.48. The van der Waals surface area contributed by atoms with Crippen molar-refractivity contribution in [1.82, 2.24) is 0 Å². The lowest BCUT2D eigenvalue weighted by Crippen LogP contribution is -2.30. The highest BCUT2D eigenvalue weighted by atomic mass is 35.5. The van der Waals surface area contributed by atoms with E-state index in [1.165, 1.54) is 19.1 Å². The summed E-state index contributed by atoms with van der Waals surface area (Å²) in [4.78, 5) is 34.3. The lowest BCUT2D eigenvalue weighted by atomic mass is 10.1. The zero-order chi connectivity index (χ0) is 18.6. The maximum atomic E-state index is 12.1. The topological polar surface area (TPSA) is 125 Å². The fraction of sp³-hybridized carbons (Fsp3) is 0.125. The maximum Gasteiger partial charge on any atom is 0.341 e. The number of nitrogens with two attached hydrogens (primary N) is 1. The van der Waals surface area contributed by atoms with Gasteiger partial charge in [0.15, 0.2) is 6.10 Å². The van der Waals surface area contributed by atoms with Gasteiger partial charge in [-0.25, -0.2) is 4.79 Å². The van der Waals surface area contributed by atoms with E-state index in [2.05, 4.69) is 5.32 Å². The first-order chi connectivity index (χ1) is 11.8. The average molecular weight is 364 g/mol. The van der Waals surface area contributed by atoms with E-state index in [1.807, 2.05) is 0 Å². The number of halogens is 1. The number of hydrogen-bond acceptors (Lipinski definition) is 6. The Morgan fingerprint density at radius 3 is 2.48 bits per heavy atom. The molecule has 25 heavy (non-hydrogen) atoms. The highest BCUT2D eigenvalue weighted by Crippen LogP contribution is 2.21. The summed E-state index contributed by atoms with van der Waals surface area (Å²) in [6.07, 6.45) is -1.14. The second-order valence-electron chi connectivity index (χ2n) is 5.07. The number of esters is 1. The molecule has 0 saturated carbocycles. The molecule has 0 saturated heterocycles. The van der Waals surface area contributed by atoms with Crippen molar-refractivity contribution in [3.8, 4) is 0 Å². The second-order valence-corrected chi connectivity index (χ2v) is 5.51. The molecule has 0 bridgehead atoms. The van der Waals surface area contributed by atoms with Crippen molar-refractivity contribution in [2.24, 2.45) is 0 Å². The number of amides is 1. The number of carbonyl (C=O) groups is 2. The van der Waals surface area contributed by atoms with Crippen molar-refractivity contribution in [2.45, 2.75) is 13.0 Å². The van der Waals surface area contributed by atoms with Crippen LogP contribution in [0.5, 0.6) is 0 Å². The number of nitrogens with one attached hydrogen (secondary N) is 1. The van der Waals surface area contributed by atoms with Crippen LogP contribution < -0.4 is 11.1 Å². The van der Waals surface area contributed by atoms with Crippen LogP contribution in [0.2, 0.25) is 5.02 Å². The lowest BCUT2D eigenvalue weighted by Gasteiger charge is -2.14. The third kappa shape index (κ3) is 4.67. The smallest absolute Gasteiger partial charge is 0.341 e. The summed E-state index contributed by atoms with van der Waals surface area (Å²) in [5.74, 6) is -1.50. The normalized spacial score (nSPS) is 11.4. The zero-order valence-corrected chi connectivity index (χ0v) is 13.8. The van der Waals surface area contributed by atoms with Crippen molar-refractivity contribution >= 4 is 40.5 Å². The highest BCUT2D eigenvalue weighted by molar-refractivity contribution is 6.30. The molecule has 0 spiro atoms. The largest absolute Gasteiger partial charge is 0.449 e. The van der Waals surface area contributed by atoms with Crippen LogP contribution >= 0.6 is 11.6 Å². The van der Waals surface area contributed by atoms with Crippen LogP contribution in [0, 0.1) is 10.1 Å².